The van der Waals surface area contributed by atoms with E-state index in [1.165, 1.54) is 17.8 Å². The zero-order chi connectivity index (χ0) is 14.7. The van der Waals surface area contributed by atoms with Gasteiger partial charge in [-0.05, 0) is 31.2 Å². The van der Waals surface area contributed by atoms with E-state index in [0.29, 0.717) is 0 Å². The Morgan fingerprint density at radius 1 is 1.25 bits per heavy atom. The maximum absolute atomic E-state index is 10.8. The number of thioether (sulfide) groups is 1. The van der Waals surface area contributed by atoms with Crippen LogP contribution in [-0.2, 0) is 9.59 Å². The molecule has 0 radical (unpaired) electrons. The fourth-order valence-corrected chi connectivity index (χ4v) is 3.02. The van der Waals surface area contributed by atoms with Crippen LogP contribution in [0.4, 0.5) is 5.69 Å². The molecule has 6 heteroatoms. The number of para-hydroxylation sites is 1. The first-order chi connectivity index (χ1) is 9.54. The summed E-state index contributed by atoms with van der Waals surface area (Å²) in [6.45, 7) is 2.70. The van der Waals surface area contributed by atoms with Gasteiger partial charge >= 0.3 is 11.9 Å². The monoisotopic (exact) mass is 291 g/mol. The van der Waals surface area contributed by atoms with Crippen molar-refractivity contribution in [3.63, 3.8) is 0 Å². The molecule has 0 unspecified atom stereocenters. The fourth-order valence-electron chi connectivity index (χ4n) is 1.89. The van der Waals surface area contributed by atoms with E-state index in [1.807, 2.05) is 36.1 Å². The number of allylic oxidation sites excluding steroid dienone is 2. The number of aliphatic carboxylic acids is 2. The molecule has 0 spiro atoms. The third kappa shape index (κ3) is 2.70. The Morgan fingerprint density at radius 2 is 1.90 bits per heavy atom. The number of carboxylic acid groups (broad SMARTS) is 2. The number of nitrogens with zero attached hydrogens (tertiary/aromatic N) is 1. The summed E-state index contributed by atoms with van der Waals surface area (Å²) in [5.41, 5.74) is 0.400. The van der Waals surface area contributed by atoms with Gasteiger partial charge in [-0.15, -0.1) is 0 Å². The molecule has 5 nitrogen and oxygen atoms in total. The summed E-state index contributed by atoms with van der Waals surface area (Å²) in [6, 6.07) is 7.81. The molecule has 0 fully saturated rings. The van der Waals surface area contributed by atoms with Crippen molar-refractivity contribution < 1.29 is 19.8 Å². The van der Waals surface area contributed by atoms with E-state index in [2.05, 4.69) is 0 Å². The highest BCUT2D eigenvalue weighted by molar-refractivity contribution is 8.03. The average molecular weight is 291 g/mol. The topological polar surface area (TPSA) is 77.8 Å². The van der Waals surface area contributed by atoms with Crippen molar-refractivity contribution >= 4 is 29.4 Å². The Labute approximate surface area is 120 Å². The van der Waals surface area contributed by atoms with E-state index in [1.54, 1.807) is 0 Å². The van der Waals surface area contributed by atoms with Crippen molar-refractivity contribution in [3.05, 3.63) is 47.0 Å². The minimum absolute atomic E-state index is 0.648. The number of rotatable bonds is 4. The largest absolute Gasteiger partial charge is 0.477 e. The second kappa shape index (κ2) is 5.83. The van der Waals surface area contributed by atoms with Crippen LogP contribution >= 0.6 is 11.8 Å². The molecular weight excluding hydrogens is 278 g/mol. The lowest BCUT2D eigenvalue weighted by atomic mass is 10.2. The number of hydrogen-bond donors (Lipinski definition) is 2. The molecule has 20 heavy (non-hydrogen) atoms. The molecule has 0 aromatic heterocycles. The maximum Gasteiger partial charge on any atom is 0.343 e. The second-order valence-corrected chi connectivity index (χ2v) is 5.07. The number of carboxylic acids is 2. The molecule has 1 aliphatic heterocycles. The smallest absolute Gasteiger partial charge is 0.343 e. The van der Waals surface area contributed by atoms with Gasteiger partial charge < -0.3 is 15.1 Å². The lowest BCUT2D eigenvalue weighted by Gasteiger charge is -2.17. The van der Waals surface area contributed by atoms with Crippen LogP contribution in [-0.4, -0.2) is 28.7 Å². The predicted octanol–water partition coefficient (Wildman–Crippen LogP) is 2.56. The van der Waals surface area contributed by atoms with Crippen LogP contribution in [0, 0.1) is 0 Å². The predicted molar refractivity (Wildman–Crippen MR) is 76.8 cm³/mol. The fraction of sp³-hybridized carbons (Fsp3) is 0.143. The van der Waals surface area contributed by atoms with Gasteiger partial charge in [0.15, 0.2) is 0 Å². The number of fused-ring (bicyclic) bond motifs is 1. The van der Waals surface area contributed by atoms with Gasteiger partial charge in [0.2, 0.25) is 0 Å². The summed E-state index contributed by atoms with van der Waals surface area (Å²) >= 11 is 1.49. The number of benzene rings is 1. The van der Waals surface area contributed by atoms with Crippen molar-refractivity contribution in [1.82, 2.24) is 0 Å². The summed E-state index contributed by atoms with van der Waals surface area (Å²) in [6.07, 6.45) is 2.66. The molecule has 0 saturated heterocycles. The molecule has 1 aromatic rings. The van der Waals surface area contributed by atoms with Crippen molar-refractivity contribution in [3.8, 4) is 0 Å². The normalized spacial score (nSPS) is 15.1. The van der Waals surface area contributed by atoms with Gasteiger partial charge in [0, 0.05) is 11.4 Å². The molecule has 0 saturated carbocycles. The molecule has 1 aromatic carbocycles. The highest BCUT2D eigenvalue weighted by Gasteiger charge is 2.23. The van der Waals surface area contributed by atoms with E-state index < -0.39 is 17.5 Å². The maximum atomic E-state index is 10.8. The Kier molecular flexibility index (Phi) is 4.14. The third-order valence-corrected chi connectivity index (χ3v) is 3.94. The Balaban J connectivity index is 2.35. The summed E-state index contributed by atoms with van der Waals surface area (Å²) < 4.78 is 0. The molecule has 0 bridgehead atoms. The zero-order valence-electron chi connectivity index (χ0n) is 10.7. The second-order valence-electron chi connectivity index (χ2n) is 4.01. The number of hydrogen-bond acceptors (Lipinski definition) is 4. The van der Waals surface area contributed by atoms with Crippen LogP contribution in [0.1, 0.15) is 6.92 Å². The van der Waals surface area contributed by atoms with Gasteiger partial charge in [-0.2, -0.15) is 0 Å². The molecule has 2 rings (SSSR count). The standard InChI is InChI=1S/C14H13NO4S/c1-2-15-10-5-3-4-6-11(10)20-12(15)8-7-9(13(16)17)14(18)19/h3-8H,2H2,1H3,(H,16,17)(H,18,19)/b12-8+. The van der Waals surface area contributed by atoms with Gasteiger partial charge in [0.05, 0.1) is 10.7 Å². The van der Waals surface area contributed by atoms with Crippen molar-refractivity contribution in [2.75, 3.05) is 11.4 Å². The minimum Gasteiger partial charge on any atom is -0.477 e. The van der Waals surface area contributed by atoms with Crippen molar-refractivity contribution in [2.24, 2.45) is 0 Å². The van der Waals surface area contributed by atoms with Gasteiger partial charge in [-0.1, -0.05) is 23.9 Å². The van der Waals surface area contributed by atoms with E-state index in [9.17, 15) is 9.59 Å². The number of carbonyl (C=O) groups is 2. The molecule has 0 aliphatic carbocycles. The molecule has 2 N–H and O–H groups in total. The van der Waals surface area contributed by atoms with Crippen LogP contribution in [0.15, 0.2) is 51.9 Å². The molecule has 0 amide bonds. The summed E-state index contributed by atoms with van der Waals surface area (Å²) in [7, 11) is 0. The summed E-state index contributed by atoms with van der Waals surface area (Å²) in [5.74, 6) is -2.89. The van der Waals surface area contributed by atoms with Gasteiger partial charge in [-0.3, -0.25) is 0 Å². The first kappa shape index (κ1) is 14.2. The van der Waals surface area contributed by atoms with Crippen molar-refractivity contribution in [1.29, 1.82) is 0 Å². The average Bonchev–Trinajstić information content (AvgIpc) is 2.75. The lowest BCUT2D eigenvalue weighted by molar-refractivity contribution is -0.140. The molecular formula is C14H13NO4S. The van der Waals surface area contributed by atoms with E-state index in [0.717, 1.165) is 28.2 Å². The van der Waals surface area contributed by atoms with E-state index in [4.69, 9.17) is 10.2 Å². The third-order valence-electron chi connectivity index (χ3n) is 2.81. The van der Waals surface area contributed by atoms with E-state index >= 15 is 0 Å². The van der Waals surface area contributed by atoms with E-state index in [-0.39, 0.29) is 0 Å². The van der Waals surface area contributed by atoms with Gasteiger partial charge in [-0.25, -0.2) is 9.59 Å². The van der Waals surface area contributed by atoms with Crippen LogP contribution in [0.2, 0.25) is 0 Å². The van der Waals surface area contributed by atoms with Crippen LogP contribution in [0.25, 0.3) is 0 Å². The summed E-state index contributed by atoms with van der Waals surface area (Å²) in [5, 5.41) is 18.4. The minimum atomic E-state index is -1.45. The Morgan fingerprint density at radius 3 is 2.50 bits per heavy atom. The quantitative estimate of drug-likeness (QED) is 0.504. The van der Waals surface area contributed by atoms with Gasteiger partial charge in [0.1, 0.15) is 5.57 Å². The highest BCUT2D eigenvalue weighted by atomic mass is 32.2. The zero-order valence-corrected chi connectivity index (χ0v) is 11.6. The van der Waals surface area contributed by atoms with Crippen molar-refractivity contribution in [2.45, 2.75) is 11.8 Å². The Hall–Kier alpha value is -2.21. The molecule has 104 valence electrons. The molecule has 0 atom stereocenters. The van der Waals surface area contributed by atoms with Gasteiger partial charge in [0.25, 0.3) is 0 Å². The Bertz CT molecular complexity index is 605. The molecule has 1 heterocycles. The van der Waals surface area contributed by atoms with Crippen LogP contribution in [0.3, 0.4) is 0 Å². The van der Waals surface area contributed by atoms with Crippen LogP contribution in [0.5, 0.6) is 0 Å². The van der Waals surface area contributed by atoms with Crippen LogP contribution < -0.4 is 4.90 Å². The number of anilines is 1. The first-order valence-electron chi connectivity index (χ1n) is 5.97. The summed E-state index contributed by atoms with van der Waals surface area (Å²) in [4.78, 5) is 24.7. The molecule has 1 aliphatic rings. The highest BCUT2D eigenvalue weighted by Crippen LogP contribution is 2.45. The first-order valence-corrected chi connectivity index (χ1v) is 6.79. The lowest BCUT2D eigenvalue weighted by Crippen LogP contribution is -2.16. The SMILES string of the molecule is CCN1/C(=C\C=C(C(=O)O)C(=O)O)Sc2ccccc21.